The van der Waals surface area contributed by atoms with Crippen LogP contribution in [0.15, 0.2) is 71.6 Å². The molecule has 1 aromatic heterocycles. The topological polar surface area (TPSA) is 68.3 Å². The van der Waals surface area contributed by atoms with E-state index in [4.69, 9.17) is 4.74 Å². The van der Waals surface area contributed by atoms with Gasteiger partial charge in [-0.2, -0.15) is 0 Å². The van der Waals surface area contributed by atoms with Crippen molar-refractivity contribution in [1.29, 1.82) is 0 Å². The third-order valence-electron chi connectivity index (χ3n) is 4.37. The maximum atomic E-state index is 12.6. The van der Waals surface area contributed by atoms with Crippen LogP contribution in [0.3, 0.4) is 0 Å². The third kappa shape index (κ3) is 3.58. The zero-order valence-corrected chi connectivity index (χ0v) is 17.0. The van der Waals surface area contributed by atoms with Crippen LogP contribution in [-0.2, 0) is 10.0 Å². The van der Waals surface area contributed by atoms with Crippen molar-refractivity contribution in [3.8, 4) is 16.3 Å². The molecule has 0 fully saturated rings. The van der Waals surface area contributed by atoms with Crippen molar-refractivity contribution in [2.75, 3.05) is 11.8 Å². The molecule has 0 bridgehead atoms. The van der Waals surface area contributed by atoms with Gasteiger partial charge >= 0.3 is 0 Å². The summed E-state index contributed by atoms with van der Waals surface area (Å²) in [5.74, 6) is 0.796. The number of aromatic nitrogens is 1. The first-order valence-electron chi connectivity index (χ1n) is 8.60. The monoisotopic (exact) mass is 410 g/mol. The van der Waals surface area contributed by atoms with Crippen LogP contribution in [0.25, 0.3) is 20.8 Å². The van der Waals surface area contributed by atoms with Crippen molar-refractivity contribution in [2.45, 2.75) is 11.8 Å². The van der Waals surface area contributed by atoms with Crippen LogP contribution in [0.1, 0.15) is 5.56 Å². The predicted molar refractivity (Wildman–Crippen MR) is 114 cm³/mol. The van der Waals surface area contributed by atoms with Crippen LogP contribution in [0, 0.1) is 6.92 Å². The Morgan fingerprint density at radius 1 is 1.00 bits per heavy atom. The normalized spacial score (nSPS) is 11.5. The summed E-state index contributed by atoms with van der Waals surface area (Å²) in [6, 6.07) is 19.7. The summed E-state index contributed by atoms with van der Waals surface area (Å²) in [5.41, 5.74) is 3.23. The number of thiazole rings is 1. The molecule has 0 saturated heterocycles. The lowest BCUT2D eigenvalue weighted by molar-refractivity contribution is 0.415. The lowest BCUT2D eigenvalue weighted by atomic mass is 10.1. The molecule has 0 spiro atoms. The minimum Gasteiger partial charge on any atom is -0.497 e. The second kappa shape index (κ2) is 7.26. The fourth-order valence-corrected chi connectivity index (χ4v) is 5.01. The van der Waals surface area contributed by atoms with Gasteiger partial charge in [-0.1, -0.05) is 18.2 Å². The summed E-state index contributed by atoms with van der Waals surface area (Å²) in [6.07, 6.45) is 0. The first-order chi connectivity index (χ1) is 13.5. The van der Waals surface area contributed by atoms with Crippen molar-refractivity contribution in [2.24, 2.45) is 0 Å². The fraction of sp³-hybridized carbons (Fsp3) is 0.0952. The summed E-state index contributed by atoms with van der Waals surface area (Å²) in [7, 11) is -1.98. The number of nitrogens with one attached hydrogen (secondary N) is 1. The molecular weight excluding hydrogens is 392 g/mol. The van der Waals surface area contributed by atoms with E-state index >= 15 is 0 Å². The van der Waals surface area contributed by atoms with E-state index in [0.717, 1.165) is 32.1 Å². The maximum Gasteiger partial charge on any atom is 0.261 e. The largest absolute Gasteiger partial charge is 0.497 e. The summed E-state index contributed by atoms with van der Waals surface area (Å²) >= 11 is 1.57. The van der Waals surface area contributed by atoms with Crippen molar-refractivity contribution in [1.82, 2.24) is 4.98 Å². The van der Waals surface area contributed by atoms with Gasteiger partial charge in [-0.05, 0) is 61.0 Å². The average Bonchev–Trinajstić information content (AvgIpc) is 3.13. The average molecular weight is 411 g/mol. The number of ether oxygens (including phenoxy) is 1. The molecule has 0 unspecified atom stereocenters. The number of rotatable bonds is 5. The Kier molecular flexibility index (Phi) is 4.78. The number of aryl methyl sites for hydroxylation is 1. The van der Waals surface area contributed by atoms with Crippen LogP contribution >= 0.6 is 11.3 Å². The Balaban J connectivity index is 1.65. The van der Waals surface area contributed by atoms with Crippen LogP contribution in [0.2, 0.25) is 0 Å². The number of hydrogen-bond donors (Lipinski definition) is 1. The van der Waals surface area contributed by atoms with E-state index in [1.54, 1.807) is 54.8 Å². The summed E-state index contributed by atoms with van der Waals surface area (Å²) in [5, 5.41) is 0.879. The number of sulfonamides is 1. The molecule has 1 N–H and O–H groups in total. The Morgan fingerprint density at radius 2 is 1.79 bits per heavy atom. The number of hydrogen-bond acceptors (Lipinski definition) is 5. The predicted octanol–water partition coefficient (Wildman–Crippen LogP) is 5.08. The molecule has 0 aliphatic carbocycles. The number of fused-ring (bicyclic) bond motifs is 1. The van der Waals surface area contributed by atoms with E-state index in [0.29, 0.717) is 5.69 Å². The van der Waals surface area contributed by atoms with Crippen LogP contribution in [0.4, 0.5) is 5.69 Å². The first-order valence-corrected chi connectivity index (χ1v) is 10.9. The van der Waals surface area contributed by atoms with Gasteiger partial charge in [0.25, 0.3) is 10.0 Å². The highest BCUT2D eigenvalue weighted by atomic mass is 32.2. The maximum absolute atomic E-state index is 12.6. The molecule has 0 radical (unpaired) electrons. The van der Waals surface area contributed by atoms with Gasteiger partial charge in [0.1, 0.15) is 10.8 Å². The Hall–Kier alpha value is -2.90. The molecule has 5 nitrogen and oxygen atoms in total. The molecule has 7 heteroatoms. The van der Waals surface area contributed by atoms with E-state index in [1.807, 2.05) is 37.3 Å². The van der Waals surface area contributed by atoms with Gasteiger partial charge < -0.3 is 4.74 Å². The van der Waals surface area contributed by atoms with Crippen LogP contribution in [-0.4, -0.2) is 20.5 Å². The van der Waals surface area contributed by atoms with Gasteiger partial charge in [-0.3, -0.25) is 4.72 Å². The molecule has 1 heterocycles. The van der Waals surface area contributed by atoms with E-state index in [-0.39, 0.29) is 4.90 Å². The number of benzene rings is 3. The van der Waals surface area contributed by atoms with Gasteiger partial charge in [0, 0.05) is 5.56 Å². The zero-order chi connectivity index (χ0) is 19.7. The van der Waals surface area contributed by atoms with Crippen molar-refractivity contribution in [3.05, 3.63) is 72.3 Å². The number of nitrogens with zero attached hydrogens (tertiary/aromatic N) is 1. The van der Waals surface area contributed by atoms with E-state index in [1.165, 1.54) is 0 Å². The molecule has 0 saturated carbocycles. The van der Waals surface area contributed by atoms with Crippen molar-refractivity contribution >= 4 is 37.3 Å². The van der Waals surface area contributed by atoms with Gasteiger partial charge in [-0.25, -0.2) is 13.4 Å². The number of methoxy groups -OCH3 is 1. The summed E-state index contributed by atoms with van der Waals surface area (Å²) < 4.78 is 34.1. The Morgan fingerprint density at radius 3 is 2.50 bits per heavy atom. The highest BCUT2D eigenvalue weighted by Gasteiger charge is 2.15. The summed E-state index contributed by atoms with van der Waals surface area (Å²) in [4.78, 5) is 4.91. The second-order valence-electron chi connectivity index (χ2n) is 6.30. The summed E-state index contributed by atoms with van der Waals surface area (Å²) in [6.45, 7) is 1.88. The van der Waals surface area contributed by atoms with Crippen LogP contribution < -0.4 is 9.46 Å². The smallest absolute Gasteiger partial charge is 0.261 e. The first kappa shape index (κ1) is 18.5. The van der Waals surface area contributed by atoms with Crippen molar-refractivity contribution in [3.63, 3.8) is 0 Å². The minimum absolute atomic E-state index is 0.235. The van der Waals surface area contributed by atoms with Gasteiger partial charge in [0.2, 0.25) is 0 Å². The molecule has 0 aliphatic rings. The molecule has 4 aromatic rings. The molecule has 28 heavy (non-hydrogen) atoms. The molecule has 4 rings (SSSR count). The van der Waals surface area contributed by atoms with Gasteiger partial charge in [0.05, 0.1) is 27.9 Å². The zero-order valence-electron chi connectivity index (χ0n) is 15.3. The molecule has 3 aromatic carbocycles. The molecular formula is C21H18N2O3S2. The molecule has 0 amide bonds. The van der Waals surface area contributed by atoms with Crippen LogP contribution in [0.5, 0.6) is 5.75 Å². The highest BCUT2D eigenvalue weighted by molar-refractivity contribution is 7.92. The lowest BCUT2D eigenvalue weighted by Gasteiger charge is -2.11. The molecule has 0 atom stereocenters. The standard InChI is InChI=1S/C21H18N2O3S2/c1-14-12-15(21-22-19-11-9-16(26-2)13-20(19)27-21)8-10-18(14)23-28(24,25)17-6-4-3-5-7-17/h3-13,23H,1-2H3. The third-order valence-corrected chi connectivity index (χ3v) is 6.82. The minimum atomic E-state index is -3.62. The van der Waals surface area contributed by atoms with Gasteiger partial charge in [0.15, 0.2) is 0 Å². The van der Waals surface area contributed by atoms with Crippen molar-refractivity contribution < 1.29 is 13.2 Å². The Bertz CT molecular complexity index is 1250. The second-order valence-corrected chi connectivity index (χ2v) is 9.01. The SMILES string of the molecule is COc1ccc2nc(-c3ccc(NS(=O)(=O)c4ccccc4)c(C)c3)sc2c1. The highest BCUT2D eigenvalue weighted by Crippen LogP contribution is 2.34. The fourth-order valence-electron chi connectivity index (χ4n) is 2.87. The number of anilines is 1. The Labute approximate surface area is 167 Å². The van der Waals surface area contributed by atoms with E-state index < -0.39 is 10.0 Å². The molecule has 0 aliphatic heterocycles. The van der Waals surface area contributed by atoms with E-state index in [2.05, 4.69) is 9.71 Å². The van der Waals surface area contributed by atoms with E-state index in [9.17, 15) is 8.42 Å². The lowest BCUT2D eigenvalue weighted by Crippen LogP contribution is -2.13. The van der Waals surface area contributed by atoms with Gasteiger partial charge in [-0.15, -0.1) is 11.3 Å². The molecule has 142 valence electrons. The quantitative estimate of drug-likeness (QED) is 0.498.